The molecule has 40 heavy (non-hydrogen) atoms. The Morgan fingerprint density at radius 2 is 1.85 bits per heavy atom. The van der Waals surface area contributed by atoms with E-state index in [1.807, 2.05) is 0 Å². The number of hydrogen-bond acceptors (Lipinski definition) is 8. The van der Waals surface area contributed by atoms with E-state index in [1.54, 1.807) is 25.3 Å². The summed E-state index contributed by atoms with van der Waals surface area (Å²) in [4.78, 5) is 15.2. The lowest BCUT2D eigenvalue weighted by molar-refractivity contribution is 0.0389. The van der Waals surface area contributed by atoms with Crippen molar-refractivity contribution in [2.24, 2.45) is 5.92 Å². The van der Waals surface area contributed by atoms with Gasteiger partial charge >= 0.3 is 0 Å². The summed E-state index contributed by atoms with van der Waals surface area (Å²) in [5, 5.41) is 11.9. The summed E-state index contributed by atoms with van der Waals surface area (Å²) in [7, 11) is -6.49. The van der Waals surface area contributed by atoms with E-state index in [0.29, 0.717) is 5.02 Å². The lowest BCUT2D eigenvalue weighted by Crippen LogP contribution is -2.50. The highest BCUT2D eigenvalue weighted by Gasteiger charge is 2.36. The number of rotatable bonds is 9. The van der Waals surface area contributed by atoms with E-state index in [0.717, 1.165) is 15.6 Å². The molecule has 2 N–H and O–H groups in total. The second-order valence-corrected chi connectivity index (χ2v) is 14.9. The Hall–Kier alpha value is -2.68. The molecule has 0 aliphatic carbocycles. The van der Waals surface area contributed by atoms with Crippen LogP contribution in [-0.2, 0) is 20.0 Å². The molecule has 3 atom stereocenters. The van der Waals surface area contributed by atoms with Crippen LogP contribution in [0, 0.1) is 5.92 Å². The molecule has 0 saturated carbocycles. The van der Waals surface area contributed by atoms with E-state index >= 15 is 0 Å². The molecule has 2 heterocycles. The molecule has 4 rings (SSSR count). The quantitative estimate of drug-likeness (QED) is 0.369. The minimum Gasteiger partial charge on any atom is -0.486 e. The monoisotopic (exact) mass is 627 g/mol. The van der Waals surface area contributed by atoms with Crippen molar-refractivity contribution in [2.45, 2.75) is 35.1 Å². The predicted octanol–water partition coefficient (Wildman–Crippen LogP) is 3.74. The summed E-state index contributed by atoms with van der Waals surface area (Å²) < 4.78 is 62.8. The fourth-order valence-electron chi connectivity index (χ4n) is 4.29. The highest BCUT2D eigenvalue weighted by atomic mass is 35.5. The molecule has 2 aromatic carbocycles. The molecule has 0 spiro atoms. The predicted molar refractivity (Wildman–Crippen MR) is 154 cm³/mol. The number of para-hydroxylation sites is 1. The molecule has 14 heteroatoms. The van der Waals surface area contributed by atoms with Gasteiger partial charge in [0.1, 0.15) is 10.3 Å². The minimum absolute atomic E-state index is 0.0170. The van der Waals surface area contributed by atoms with Crippen LogP contribution in [0.4, 0.5) is 5.69 Å². The first-order valence-corrected chi connectivity index (χ1v) is 16.5. The molecule has 0 fully saturated rings. The van der Waals surface area contributed by atoms with E-state index < -0.39 is 44.0 Å². The molecule has 1 amide bonds. The van der Waals surface area contributed by atoms with Crippen LogP contribution in [0.25, 0.3) is 0 Å². The first kappa shape index (κ1) is 30.3. The SMILES string of the molecule is C[C@@H]1CN([C@H](C)CO)C(=O)c2cccc(NS(=O)(=O)c3cccs3)c2O[C@H]1CN(C)S(=O)(=O)c1ccc(Cl)cc1. The summed E-state index contributed by atoms with van der Waals surface area (Å²) in [6.45, 7) is 3.27. The van der Waals surface area contributed by atoms with E-state index in [2.05, 4.69) is 4.72 Å². The second-order valence-electron chi connectivity index (χ2n) is 9.58. The standard InChI is InChI=1S/C26H30ClN3O7S3/c1-17-14-30(18(2)16-31)26(32)21-6-4-7-22(28-39(33,34)24-8-5-13-38-24)25(21)37-23(17)15-29(3)40(35,36)20-11-9-19(27)10-12-20/h4-13,17-18,23,28,31H,14-16H2,1-3H3/t17-,18-,23+/m1/s1. The number of hydrogen-bond donors (Lipinski definition) is 2. The van der Waals surface area contributed by atoms with Gasteiger partial charge in [0.2, 0.25) is 10.0 Å². The summed E-state index contributed by atoms with van der Waals surface area (Å²) in [6.07, 6.45) is -0.792. The van der Waals surface area contributed by atoms with E-state index in [9.17, 15) is 26.7 Å². The third-order valence-corrected chi connectivity index (χ3v) is 11.5. The van der Waals surface area contributed by atoms with Crippen LogP contribution < -0.4 is 9.46 Å². The van der Waals surface area contributed by atoms with Gasteiger partial charge in [0.05, 0.1) is 35.3 Å². The largest absolute Gasteiger partial charge is 0.486 e. The summed E-state index contributed by atoms with van der Waals surface area (Å²) >= 11 is 6.96. The number of fused-ring (bicyclic) bond motifs is 1. The molecule has 216 valence electrons. The number of ether oxygens (including phenoxy) is 1. The van der Waals surface area contributed by atoms with Gasteiger partial charge in [-0.3, -0.25) is 9.52 Å². The number of amides is 1. The van der Waals surface area contributed by atoms with Crippen molar-refractivity contribution in [1.29, 1.82) is 0 Å². The summed E-state index contributed by atoms with van der Waals surface area (Å²) in [5.74, 6) is -0.867. The van der Waals surface area contributed by atoms with Gasteiger partial charge < -0.3 is 14.7 Å². The molecule has 1 aromatic heterocycles. The highest BCUT2D eigenvalue weighted by molar-refractivity contribution is 7.94. The molecule has 10 nitrogen and oxygen atoms in total. The third-order valence-electron chi connectivity index (χ3n) is 6.65. The van der Waals surface area contributed by atoms with Crippen LogP contribution in [0.3, 0.4) is 0 Å². The summed E-state index contributed by atoms with van der Waals surface area (Å²) in [5.41, 5.74) is 0.130. The maximum Gasteiger partial charge on any atom is 0.271 e. The number of nitrogens with zero attached hydrogens (tertiary/aromatic N) is 2. The number of carbonyl (C=O) groups is 1. The Morgan fingerprint density at radius 1 is 1.15 bits per heavy atom. The number of anilines is 1. The molecule has 0 saturated heterocycles. The number of thiophene rings is 1. The van der Waals surface area contributed by atoms with Crippen molar-refractivity contribution >= 4 is 54.6 Å². The van der Waals surface area contributed by atoms with Crippen molar-refractivity contribution in [3.63, 3.8) is 0 Å². The normalized spacial score (nSPS) is 18.9. The van der Waals surface area contributed by atoms with Crippen LogP contribution in [0.5, 0.6) is 5.75 Å². The molecule has 0 bridgehead atoms. The maximum atomic E-state index is 13.6. The maximum absolute atomic E-state index is 13.6. The zero-order valence-electron chi connectivity index (χ0n) is 22.0. The number of halogens is 1. The molecular weight excluding hydrogens is 598 g/mol. The number of nitrogens with one attached hydrogen (secondary N) is 1. The highest BCUT2D eigenvalue weighted by Crippen LogP contribution is 2.36. The van der Waals surface area contributed by atoms with Crippen molar-refractivity contribution in [1.82, 2.24) is 9.21 Å². The minimum atomic E-state index is -3.99. The number of aliphatic hydroxyl groups is 1. The average molecular weight is 628 g/mol. The van der Waals surface area contributed by atoms with Crippen LogP contribution >= 0.6 is 22.9 Å². The van der Waals surface area contributed by atoms with Crippen LogP contribution in [0.2, 0.25) is 5.02 Å². The first-order valence-electron chi connectivity index (χ1n) is 12.3. The first-order chi connectivity index (χ1) is 18.8. The lowest BCUT2D eigenvalue weighted by Gasteiger charge is -2.38. The summed E-state index contributed by atoms with van der Waals surface area (Å²) in [6, 6.07) is 12.8. The van der Waals surface area contributed by atoms with Gasteiger partial charge in [0, 0.05) is 24.5 Å². The van der Waals surface area contributed by atoms with Gasteiger partial charge in [-0.2, -0.15) is 4.31 Å². The Balaban J connectivity index is 1.75. The van der Waals surface area contributed by atoms with Crippen molar-refractivity contribution in [2.75, 3.05) is 31.5 Å². The average Bonchev–Trinajstić information content (AvgIpc) is 3.47. The van der Waals surface area contributed by atoms with E-state index in [1.165, 1.54) is 60.5 Å². The molecule has 0 unspecified atom stereocenters. The molecule has 3 aromatic rings. The van der Waals surface area contributed by atoms with Crippen LogP contribution in [-0.4, -0.2) is 75.9 Å². The van der Waals surface area contributed by atoms with E-state index in [-0.39, 0.29) is 45.8 Å². The van der Waals surface area contributed by atoms with Gasteiger partial charge in [-0.1, -0.05) is 30.7 Å². The molecule has 1 aliphatic rings. The van der Waals surface area contributed by atoms with Gasteiger partial charge in [-0.25, -0.2) is 16.8 Å². The van der Waals surface area contributed by atoms with Crippen molar-refractivity contribution < 1.29 is 31.5 Å². The van der Waals surface area contributed by atoms with Gasteiger partial charge in [0.25, 0.3) is 15.9 Å². The number of sulfonamides is 2. The van der Waals surface area contributed by atoms with Crippen LogP contribution in [0.1, 0.15) is 24.2 Å². The fraction of sp³-hybridized carbons (Fsp3) is 0.346. The van der Waals surface area contributed by atoms with Crippen LogP contribution in [0.15, 0.2) is 69.1 Å². The zero-order chi connectivity index (χ0) is 29.2. The Bertz CT molecular complexity index is 1560. The topological polar surface area (TPSA) is 133 Å². The van der Waals surface area contributed by atoms with Gasteiger partial charge in [-0.15, -0.1) is 11.3 Å². The zero-order valence-corrected chi connectivity index (χ0v) is 25.2. The number of benzene rings is 2. The Morgan fingerprint density at radius 3 is 2.48 bits per heavy atom. The molecular formula is C26H30ClN3O7S3. The van der Waals surface area contributed by atoms with Crippen molar-refractivity contribution in [3.05, 3.63) is 70.6 Å². The fourth-order valence-corrected chi connectivity index (χ4v) is 7.66. The van der Waals surface area contributed by atoms with E-state index in [4.69, 9.17) is 16.3 Å². The Labute approximate surface area is 243 Å². The third kappa shape index (κ3) is 6.29. The van der Waals surface area contributed by atoms with Crippen molar-refractivity contribution in [3.8, 4) is 5.75 Å². The second kappa shape index (κ2) is 12.0. The smallest absolute Gasteiger partial charge is 0.271 e. The number of likely N-dealkylation sites (N-methyl/N-ethyl adjacent to an activating group) is 1. The lowest BCUT2D eigenvalue weighted by atomic mass is 9.99. The number of aliphatic hydroxyl groups excluding tert-OH is 1. The Kier molecular flexibility index (Phi) is 9.12. The number of carbonyl (C=O) groups excluding carboxylic acids is 1. The van der Waals surface area contributed by atoms with Gasteiger partial charge in [0.15, 0.2) is 5.75 Å². The molecule has 1 aliphatic heterocycles. The van der Waals surface area contributed by atoms with Gasteiger partial charge in [-0.05, 0) is 54.8 Å². The molecule has 0 radical (unpaired) electrons.